The van der Waals surface area contributed by atoms with E-state index in [-0.39, 0.29) is 5.92 Å². The maximum Gasteiger partial charge on any atom is 0.407 e. The van der Waals surface area contributed by atoms with E-state index in [1.54, 1.807) is 41.5 Å². The molecule has 0 aliphatic heterocycles. The second kappa shape index (κ2) is 7.47. The second-order valence-electron chi connectivity index (χ2n) is 6.22. The van der Waals surface area contributed by atoms with E-state index in [0.717, 1.165) is 0 Å². The molecule has 0 aromatic rings. The largest absolute Gasteiger partial charge is 0.469 e. The van der Waals surface area contributed by atoms with Gasteiger partial charge in [-0.1, -0.05) is 13.8 Å². The number of alkyl carbamates (subject to hydrolysis) is 1. The van der Waals surface area contributed by atoms with Crippen molar-refractivity contribution in [3.63, 3.8) is 0 Å². The van der Waals surface area contributed by atoms with E-state index in [9.17, 15) is 14.7 Å². The summed E-state index contributed by atoms with van der Waals surface area (Å²) in [7, 11) is 1.25. The van der Waals surface area contributed by atoms with Crippen LogP contribution in [0.3, 0.4) is 0 Å². The Bertz CT molecular complexity index is 335. The second-order valence-corrected chi connectivity index (χ2v) is 6.22. The van der Waals surface area contributed by atoms with Crippen molar-refractivity contribution in [2.75, 3.05) is 7.11 Å². The molecule has 20 heavy (non-hydrogen) atoms. The molecule has 0 aromatic carbocycles. The predicted molar refractivity (Wildman–Crippen MR) is 75.2 cm³/mol. The smallest absolute Gasteiger partial charge is 0.407 e. The van der Waals surface area contributed by atoms with Gasteiger partial charge in [-0.05, 0) is 33.6 Å². The zero-order chi connectivity index (χ0) is 16.1. The van der Waals surface area contributed by atoms with Gasteiger partial charge in [-0.3, -0.25) is 4.79 Å². The molecule has 0 fully saturated rings. The third-order valence-corrected chi connectivity index (χ3v) is 2.81. The number of aliphatic hydroxyl groups is 1. The maximum atomic E-state index is 11.8. The zero-order valence-corrected chi connectivity index (χ0v) is 13.4. The lowest BCUT2D eigenvalue weighted by atomic mass is 9.88. The van der Waals surface area contributed by atoms with Gasteiger partial charge in [0, 0.05) is 6.04 Å². The number of amides is 1. The average Bonchev–Trinajstić information content (AvgIpc) is 2.25. The molecule has 0 aromatic heterocycles. The van der Waals surface area contributed by atoms with Crippen LogP contribution in [0.4, 0.5) is 4.79 Å². The first kappa shape index (κ1) is 18.7. The highest BCUT2D eigenvalue weighted by molar-refractivity contribution is 5.75. The van der Waals surface area contributed by atoms with Crippen molar-refractivity contribution in [1.29, 1.82) is 0 Å². The molecule has 0 heterocycles. The highest BCUT2D eigenvalue weighted by atomic mass is 16.6. The summed E-state index contributed by atoms with van der Waals surface area (Å²) >= 11 is 0. The number of aliphatic hydroxyl groups excluding tert-OH is 1. The third kappa shape index (κ3) is 6.23. The van der Waals surface area contributed by atoms with E-state index in [2.05, 4.69) is 5.32 Å². The summed E-state index contributed by atoms with van der Waals surface area (Å²) in [6, 6.07) is -0.602. The van der Waals surface area contributed by atoms with Crippen LogP contribution in [0.25, 0.3) is 0 Å². The molecule has 0 aliphatic carbocycles. The summed E-state index contributed by atoms with van der Waals surface area (Å²) in [5.74, 6) is -1.54. The Kier molecular flexibility index (Phi) is 6.99. The van der Waals surface area contributed by atoms with E-state index in [4.69, 9.17) is 9.47 Å². The van der Waals surface area contributed by atoms with Crippen molar-refractivity contribution in [3.8, 4) is 0 Å². The summed E-state index contributed by atoms with van der Waals surface area (Å²) in [4.78, 5) is 23.5. The van der Waals surface area contributed by atoms with E-state index in [1.807, 2.05) is 0 Å². The maximum absolute atomic E-state index is 11.8. The minimum atomic E-state index is -0.910. The highest BCUT2D eigenvalue weighted by Crippen LogP contribution is 2.19. The number of hydrogen-bond donors (Lipinski definition) is 2. The quantitative estimate of drug-likeness (QED) is 0.753. The van der Waals surface area contributed by atoms with Crippen LogP contribution in [-0.2, 0) is 14.3 Å². The molecule has 6 nitrogen and oxygen atoms in total. The molecule has 1 amide bonds. The first-order valence-electron chi connectivity index (χ1n) is 6.75. The molecule has 118 valence electrons. The first-order valence-corrected chi connectivity index (χ1v) is 6.75. The van der Waals surface area contributed by atoms with E-state index < -0.39 is 35.7 Å². The monoisotopic (exact) mass is 289 g/mol. The first-order chi connectivity index (χ1) is 8.99. The van der Waals surface area contributed by atoms with Crippen LogP contribution in [-0.4, -0.2) is 42.0 Å². The van der Waals surface area contributed by atoms with Crippen molar-refractivity contribution in [2.45, 2.75) is 59.3 Å². The Morgan fingerprint density at radius 2 is 1.65 bits per heavy atom. The van der Waals surface area contributed by atoms with Crippen LogP contribution in [0.15, 0.2) is 0 Å². The van der Waals surface area contributed by atoms with Crippen LogP contribution in [0.5, 0.6) is 0 Å². The van der Waals surface area contributed by atoms with E-state index >= 15 is 0 Å². The lowest BCUT2D eigenvalue weighted by molar-refractivity contribution is -0.152. The Hall–Kier alpha value is -1.30. The molecule has 0 radical (unpaired) electrons. The average molecular weight is 289 g/mol. The minimum Gasteiger partial charge on any atom is -0.469 e. The summed E-state index contributed by atoms with van der Waals surface area (Å²) in [5.41, 5.74) is -0.624. The topological polar surface area (TPSA) is 84.9 Å². The molecule has 0 saturated heterocycles. The van der Waals surface area contributed by atoms with Crippen LogP contribution in [0.2, 0.25) is 0 Å². The van der Waals surface area contributed by atoms with Gasteiger partial charge in [0.2, 0.25) is 0 Å². The molecular formula is C14H27NO5. The van der Waals surface area contributed by atoms with Crippen molar-refractivity contribution in [3.05, 3.63) is 0 Å². The number of esters is 1. The van der Waals surface area contributed by atoms with Gasteiger partial charge in [0.1, 0.15) is 11.5 Å². The third-order valence-electron chi connectivity index (χ3n) is 2.81. The Labute approximate surface area is 120 Å². The normalized spacial score (nSPS) is 16.2. The summed E-state index contributed by atoms with van der Waals surface area (Å²) in [6.07, 6.45) is -1.54. The van der Waals surface area contributed by atoms with Gasteiger partial charge in [-0.25, -0.2) is 4.79 Å². The molecular weight excluding hydrogens is 262 g/mol. The molecule has 3 atom stereocenters. The Morgan fingerprint density at radius 1 is 1.15 bits per heavy atom. The van der Waals surface area contributed by atoms with Gasteiger partial charge in [0.15, 0.2) is 0 Å². The van der Waals surface area contributed by atoms with Gasteiger partial charge in [0.05, 0.1) is 13.2 Å². The van der Waals surface area contributed by atoms with Gasteiger partial charge < -0.3 is 19.9 Å². The summed E-state index contributed by atoms with van der Waals surface area (Å²) < 4.78 is 9.82. The number of carbonyl (C=O) groups is 2. The van der Waals surface area contributed by atoms with Crippen molar-refractivity contribution in [2.24, 2.45) is 11.8 Å². The lowest BCUT2D eigenvalue weighted by Gasteiger charge is -2.30. The lowest BCUT2D eigenvalue weighted by Crippen LogP contribution is -2.49. The van der Waals surface area contributed by atoms with Gasteiger partial charge >= 0.3 is 12.1 Å². The molecule has 6 heteroatoms. The SMILES string of the molecule is COC(=O)C(C(O)C(C)C)[C@@H](C)NC(=O)OC(C)(C)C. The standard InChI is InChI=1S/C14H27NO5/c1-8(2)11(16)10(12(17)19-7)9(3)15-13(18)20-14(4,5)6/h8-11,16H,1-7H3,(H,15,18)/t9-,10?,11?/m1/s1. The minimum absolute atomic E-state index is 0.137. The van der Waals surface area contributed by atoms with E-state index in [1.165, 1.54) is 7.11 Å². The van der Waals surface area contributed by atoms with E-state index in [0.29, 0.717) is 0 Å². The molecule has 0 spiro atoms. The fourth-order valence-corrected chi connectivity index (χ4v) is 1.77. The van der Waals surface area contributed by atoms with Crippen LogP contribution in [0.1, 0.15) is 41.5 Å². The van der Waals surface area contributed by atoms with Crippen LogP contribution >= 0.6 is 0 Å². The van der Waals surface area contributed by atoms with Gasteiger partial charge in [-0.2, -0.15) is 0 Å². The number of rotatable bonds is 5. The fraction of sp³-hybridized carbons (Fsp3) is 0.857. The Morgan fingerprint density at radius 3 is 2.00 bits per heavy atom. The predicted octanol–water partition coefficient (Wildman–Crippen LogP) is 1.71. The number of carbonyl (C=O) groups excluding carboxylic acids is 2. The van der Waals surface area contributed by atoms with Gasteiger partial charge in [-0.15, -0.1) is 0 Å². The van der Waals surface area contributed by atoms with Crippen LogP contribution < -0.4 is 5.32 Å². The zero-order valence-electron chi connectivity index (χ0n) is 13.4. The van der Waals surface area contributed by atoms with Crippen LogP contribution in [0, 0.1) is 11.8 Å². The Balaban J connectivity index is 4.84. The number of ether oxygens (including phenoxy) is 2. The molecule has 2 unspecified atom stereocenters. The molecule has 0 rings (SSSR count). The number of hydrogen-bond acceptors (Lipinski definition) is 5. The summed E-state index contributed by atoms with van der Waals surface area (Å²) in [5, 5.41) is 12.7. The van der Waals surface area contributed by atoms with Crippen molar-refractivity contribution >= 4 is 12.1 Å². The molecule has 2 N–H and O–H groups in total. The highest BCUT2D eigenvalue weighted by Gasteiger charge is 2.36. The van der Waals surface area contributed by atoms with Gasteiger partial charge in [0.25, 0.3) is 0 Å². The van der Waals surface area contributed by atoms with Crippen molar-refractivity contribution in [1.82, 2.24) is 5.32 Å². The van der Waals surface area contributed by atoms with Crippen molar-refractivity contribution < 1.29 is 24.2 Å². The number of nitrogens with one attached hydrogen (secondary N) is 1. The number of methoxy groups -OCH3 is 1. The summed E-state index contributed by atoms with van der Waals surface area (Å²) in [6.45, 7) is 10.5. The molecule has 0 aliphatic rings. The molecule has 0 bridgehead atoms. The molecule has 0 saturated carbocycles. The fourth-order valence-electron chi connectivity index (χ4n) is 1.77.